The second-order valence-corrected chi connectivity index (χ2v) is 6.12. The number of aromatic nitrogens is 1. The lowest BCUT2D eigenvalue weighted by atomic mass is 9.99. The third-order valence-corrected chi connectivity index (χ3v) is 4.65. The zero-order valence-electron chi connectivity index (χ0n) is 11.9. The number of piperidine rings is 1. The van der Waals surface area contributed by atoms with Crippen LogP contribution < -0.4 is 5.32 Å². The SMILES string of the molecule is CC1CCN(CCNC2CCc3cccnc32)CC1. The highest BCUT2D eigenvalue weighted by Crippen LogP contribution is 2.28. The number of fused-ring (bicyclic) bond motifs is 1. The van der Waals surface area contributed by atoms with E-state index >= 15 is 0 Å². The van der Waals surface area contributed by atoms with Crippen LogP contribution in [0.2, 0.25) is 0 Å². The van der Waals surface area contributed by atoms with Crippen LogP contribution >= 0.6 is 0 Å². The molecule has 0 amide bonds. The highest BCUT2D eigenvalue weighted by Gasteiger charge is 2.23. The molecular formula is C16H25N3. The van der Waals surface area contributed by atoms with Crippen molar-refractivity contribution in [3.05, 3.63) is 29.6 Å². The first kappa shape index (κ1) is 13.1. The zero-order chi connectivity index (χ0) is 13.1. The second-order valence-electron chi connectivity index (χ2n) is 6.12. The number of likely N-dealkylation sites (tertiary alicyclic amines) is 1. The summed E-state index contributed by atoms with van der Waals surface area (Å²) in [6.45, 7) is 7.21. The maximum atomic E-state index is 4.54. The van der Waals surface area contributed by atoms with Crippen LogP contribution in [0.15, 0.2) is 18.3 Å². The number of rotatable bonds is 4. The lowest BCUT2D eigenvalue weighted by Crippen LogP contribution is -2.38. The fraction of sp³-hybridized carbons (Fsp3) is 0.688. The number of hydrogen-bond donors (Lipinski definition) is 1. The van der Waals surface area contributed by atoms with Crippen LogP contribution in [-0.2, 0) is 6.42 Å². The topological polar surface area (TPSA) is 28.2 Å². The summed E-state index contributed by atoms with van der Waals surface area (Å²) in [5, 5.41) is 3.69. The van der Waals surface area contributed by atoms with Crippen molar-refractivity contribution in [2.24, 2.45) is 5.92 Å². The Bertz CT molecular complexity index is 410. The Balaban J connectivity index is 1.44. The van der Waals surface area contributed by atoms with Gasteiger partial charge in [0, 0.05) is 19.3 Å². The molecule has 2 heterocycles. The minimum atomic E-state index is 0.486. The van der Waals surface area contributed by atoms with Crippen LogP contribution in [-0.4, -0.2) is 36.1 Å². The Morgan fingerprint density at radius 3 is 3.00 bits per heavy atom. The third-order valence-electron chi connectivity index (χ3n) is 4.65. The zero-order valence-corrected chi connectivity index (χ0v) is 11.9. The first-order chi connectivity index (χ1) is 9.33. The monoisotopic (exact) mass is 259 g/mol. The van der Waals surface area contributed by atoms with Gasteiger partial charge in [-0.3, -0.25) is 4.98 Å². The van der Waals surface area contributed by atoms with Gasteiger partial charge >= 0.3 is 0 Å². The second kappa shape index (κ2) is 6.02. The number of aryl methyl sites for hydroxylation is 1. The van der Waals surface area contributed by atoms with E-state index in [0.717, 1.165) is 12.5 Å². The van der Waals surface area contributed by atoms with Crippen LogP contribution in [0.5, 0.6) is 0 Å². The lowest BCUT2D eigenvalue weighted by Gasteiger charge is -2.30. The molecule has 0 bridgehead atoms. The molecule has 0 saturated carbocycles. The Morgan fingerprint density at radius 1 is 1.32 bits per heavy atom. The van der Waals surface area contributed by atoms with Crippen molar-refractivity contribution in [2.75, 3.05) is 26.2 Å². The molecule has 3 nitrogen and oxygen atoms in total. The smallest absolute Gasteiger partial charge is 0.0605 e. The van der Waals surface area contributed by atoms with Crippen molar-refractivity contribution in [3.8, 4) is 0 Å². The molecule has 1 aromatic rings. The van der Waals surface area contributed by atoms with E-state index in [4.69, 9.17) is 0 Å². The summed E-state index contributed by atoms with van der Waals surface area (Å²) < 4.78 is 0. The maximum Gasteiger partial charge on any atom is 0.0605 e. The molecule has 3 rings (SSSR count). The highest BCUT2D eigenvalue weighted by molar-refractivity contribution is 5.27. The third kappa shape index (κ3) is 3.15. The van der Waals surface area contributed by atoms with Crippen molar-refractivity contribution in [1.29, 1.82) is 0 Å². The predicted octanol–water partition coefficient (Wildman–Crippen LogP) is 2.39. The molecular weight excluding hydrogens is 234 g/mol. The molecule has 1 aliphatic heterocycles. The van der Waals surface area contributed by atoms with Crippen molar-refractivity contribution in [2.45, 2.75) is 38.6 Å². The van der Waals surface area contributed by atoms with Gasteiger partial charge < -0.3 is 10.2 Å². The summed E-state index contributed by atoms with van der Waals surface area (Å²) >= 11 is 0. The number of nitrogens with one attached hydrogen (secondary N) is 1. The van der Waals surface area contributed by atoms with E-state index < -0.39 is 0 Å². The summed E-state index contributed by atoms with van der Waals surface area (Å²) in [6.07, 6.45) is 7.05. The molecule has 1 aliphatic carbocycles. The fourth-order valence-electron chi connectivity index (χ4n) is 3.29. The van der Waals surface area contributed by atoms with Gasteiger partial charge in [0.05, 0.1) is 11.7 Å². The van der Waals surface area contributed by atoms with E-state index in [1.54, 1.807) is 0 Å². The minimum Gasteiger partial charge on any atom is -0.307 e. The molecule has 0 aromatic carbocycles. The molecule has 1 unspecified atom stereocenters. The molecule has 2 aliphatic rings. The molecule has 0 radical (unpaired) electrons. The van der Waals surface area contributed by atoms with Gasteiger partial charge in [0.25, 0.3) is 0 Å². The number of hydrogen-bond acceptors (Lipinski definition) is 3. The largest absolute Gasteiger partial charge is 0.307 e. The summed E-state index contributed by atoms with van der Waals surface area (Å²) in [5.74, 6) is 0.926. The Kier molecular flexibility index (Phi) is 4.14. The first-order valence-electron chi connectivity index (χ1n) is 7.72. The van der Waals surface area contributed by atoms with E-state index in [2.05, 4.69) is 34.3 Å². The van der Waals surface area contributed by atoms with Crippen molar-refractivity contribution in [1.82, 2.24) is 15.2 Å². The Hall–Kier alpha value is -0.930. The van der Waals surface area contributed by atoms with Crippen LogP contribution in [0.1, 0.15) is 43.5 Å². The maximum absolute atomic E-state index is 4.54. The van der Waals surface area contributed by atoms with E-state index in [-0.39, 0.29) is 0 Å². The van der Waals surface area contributed by atoms with Crippen molar-refractivity contribution in [3.63, 3.8) is 0 Å². The number of pyridine rings is 1. The summed E-state index contributed by atoms with van der Waals surface area (Å²) in [4.78, 5) is 7.14. The number of nitrogens with zero attached hydrogens (tertiary/aromatic N) is 2. The van der Waals surface area contributed by atoms with Gasteiger partial charge in [-0.2, -0.15) is 0 Å². The average molecular weight is 259 g/mol. The van der Waals surface area contributed by atoms with Crippen LogP contribution in [0, 0.1) is 5.92 Å². The van der Waals surface area contributed by atoms with E-state index in [0.29, 0.717) is 6.04 Å². The Labute approximate surface area is 116 Å². The molecule has 0 spiro atoms. The molecule has 1 N–H and O–H groups in total. The van der Waals surface area contributed by atoms with Gasteiger partial charge in [0.1, 0.15) is 0 Å². The van der Waals surface area contributed by atoms with Gasteiger partial charge in [-0.1, -0.05) is 13.0 Å². The van der Waals surface area contributed by atoms with Crippen molar-refractivity contribution >= 4 is 0 Å². The molecule has 3 heteroatoms. The molecule has 1 aromatic heterocycles. The van der Waals surface area contributed by atoms with E-state index in [9.17, 15) is 0 Å². The van der Waals surface area contributed by atoms with Gasteiger partial charge in [-0.05, 0) is 56.3 Å². The molecule has 104 valence electrons. The summed E-state index contributed by atoms with van der Waals surface area (Å²) in [5.41, 5.74) is 2.72. The molecule has 1 atom stereocenters. The molecule has 1 fully saturated rings. The highest BCUT2D eigenvalue weighted by atomic mass is 15.1. The van der Waals surface area contributed by atoms with Crippen LogP contribution in [0.3, 0.4) is 0 Å². The average Bonchev–Trinajstić information content (AvgIpc) is 2.85. The summed E-state index contributed by atoms with van der Waals surface area (Å²) in [6, 6.07) is 4.76. The molecule has 1 saturated heterocycles. The van der Waals surface area contributed by atoms with E-state index in [1.807, 2.05) is 6.20 Å². The van der Waals surface area contributed by atoms with Crippen molar-refractivity contribution < 1.29 is 0 Å². The quantitative estimate of drug-likeness (QED) is 0.900. The van der Waals surface area contributed by atoms with Crippen LogP contribution in [0.25, 0.3) is 0 Å². The summed E-state index contributed by atoms with van der Waals surface area (Å²) in [7, 11) is 0. The van der Waals surface area contributed by atoms with Gasteiger partial charge in [-0.15, -0.1) is 0 Å². The van der Waals surface area contributed by atoms with E-state index in [1.165, 1.54) is 56.6 Å². The minimum absolute atomic E-state index is 0.486. The Morgan fingerprint density at radius 2 is 2.16 bits per heavy atom. The van der Waals surface area contributed by atoms with Gasteiger partial charge in [0.15, 0.2) is 0 Å². The molecule has 19 heavy (non-hydrogen) atoms. The van der Waals surface area contributed by atoms with Gasteiger partial charge in [-0.25, -0.2) is 0 Å². The first-order valence-corrected chi connectivity index (χ1v) is 7.72. The van der Waals surface area contributed by atoms with Crippen LogP contribution in [0.4, 0.5) is 0 Å². The lowest BCUT2D eigenvalue weighted by molar-refractivity contribution is 0.191. The fourth-order valence-corrected chi connectivity index (χ4v) is 3.29. The normalized spacial score (nSPS) is 24.6. The predicted molar refractivity (Wildman–Crippen MR) is 78.1 cm³/mol. The van der Waals surface area contributed by atoms with Gasteiger partial charge in [0.2, 0.25) is 0 Å². The standard InChI is InChI=1S/C16H25N3/c1-13-6-10-19(11-7-13)12-9-17-15-5-4-14-3-2-8-18-16(14)15/h2-3,8,13,15,17H,4-7,9-12H2,1H3.